The third kappa shape index (κ3) is 9.57. The third-order valence-corrected chi connectivity index (χ3v) is 7.40. The quantitative estimate of drug-likeness (QED) is 0.234. The largest absolute Gasteiger partial charge is 0.493 e. The maximum absolute atomic E-state index is 12.3. The zero-order valence-electron chi connectivity index (χ0n) is 24.2. The van der Waals surface area contributed by atoms with Crippen LogP contribution < -0.4 is 11.4 Å². The van der Waals surface area contributed by atoms with Crippen molar-refractivity contribution in [2.24, 2.45) is 10.8 Å². The summed E-state index contributed by atoms with van der Waals surface area (Å²) in [6.45, 7) is 17.4. The number of hydrogen-bond donors (Lipinski definition) is 2. The molecule has 0 saturated carbocycles. The molecule has 0 aromatic carbocycles. The van der Waals surface area contributed by atoms with Crippen LogP contribution in [-0.4, -0.2) is 41.7 Å². The average molecular weight is 535 g/mol. The molecule has 2 aromatic rings. The van der Waals surface area contributed by atoms with Gasteiger partial charge in [-0.15, -0.1) is 0 Å². The Balaban J connectivity index is 1.54. The molecule has 0 unspecified atom stereocenters. The Bertz CT molecular complexity index is 1120. The van der Waals surface area contributed by atoms with E-state index in [9.17, 15) is 19.8 Å². The van der Waals surface area contributed by atoms with E-state index in [1.165, 1.54) is 36.9 Å². The van der Waals surface area contributed by atoms with E-state index in [4.69, 9.17) is 4.74 Å². The first-order valence-corrected chi connectivity index (χ1v) is 14.1. The number of aromatic nitrogens is 4. The Labute approximate surface area is 227 Å². The van der Waals surface area contributed by atoms with Gasteiger partial charge >= 0.3 is 11.4 Å². The van der Waals surface area contributed by atoms with E-state index in [1.54, 1.807) is 0 Å². The molecule has 38 heavy (non-hydrogen) atoms. The predicted molar refractivity (Wildman–Crippen MR) is 153 cm³/mol. The molecule has 0 saturated heterocycles. The summed E-state index contributed by atoms with van der Waals surface area (Å²) in [6.07, 6.45) is 13.5. The van der Waals surface area contributed by atoms with Crippen molar-refractivity contribution in [2.75, 3.05) is 13.2 Å². The van der Waals surface area contributed by atoms with Crippen molar-refractivity contribution in [1.82, 2.24) is 18.3 Å². The number of imidazole rings is 2. The summed E-state index contributed by atoms with van der Waals surface area (Å²) in [5.74, 6) is 0.0191. The van der Waals surface area contributed by atoms with E-state index >= 15 is 0 Å². The van der Waals surface area contributed by atoms with Crippen LogP contribution in [0.3, 0.4) is 0 Å². The highest BCUT2D eigenvalue weighted by atomic mass is 16.5. The van der Waals surface area contributed by atoms with Crippen LogP contribution in [-0.2, 0) is 24.4 Å². The van der Waals surface area contributed by atoms with E-state index in [1.807, 2.05) is 6.92 Å². The Kier molecular flexibility index (Phi) is 12.0. The van der Waals surface area contributed by atoms with E-state index in [0.717, 1.165) is 71.0 Å². The van der Waals surface area contributed by atoms with Crippen molar-refractivity contribution >= 4 is 6.20 Å². The smallest absolute Gasteiger partial charge is 0.335 e. The standard InChI is InChI=1S/C29H50N4O5/c1-7-30-21-24(34)32(26(30)36)18-12-9-15-28(3,4)16-10-13-19-38-20-14-11-17-29(5,6)23-33-25(35)22-31(8-2)27(33)37/h8,21-22,34-35H,2,7,9-20,23H2,1,3-6H3. The molecule has 216 valence electrons. The predicted octanol–water partition coefficient (Wildman–Crippen LogP) is 5.42. The minimum Gasteiger partial charge on any atom is -0.493 e. The van der Waals surface area contributed by atoms with Gasteiger partial charge in [-0.05, 0) is 56.3 Å². The molecule has 2 aromatic heterocycles. The van der Waals surface area contributed by atoms with Gasteiger partial charge in [-0.2, -0.15) is 0 Å². The van der Waals surface area contributed by atoms with Crippen LogP contribution >= 0.6 is 0 Å². The number of hydrogen-bond acceptors (Lipinski definition) is 5. The van der Waals surface area contributed by atoms with Crippen molar-refractivity contribution in [2.45, 2.75) is 112 Å². The van der Waals surface area contributed by atoms with E-state index in [0.29, 0.717) is 19.6 Å². The highest BCUT2D eigenvalue weighted by Crippen LogP contribution is 2.30. The molecule has 0 amide bonds. The summed E-state index contributed by atoms with van der Waals surface area (Å²) in [4.78, 5) is 24.4. The molecule has 9 heteroatoms. The van der Waals surface area contributed by atoms with Crippen molar-refractivity contribution in [3.8, 4) is 11.8 Å². The highest BCUT2D eigenvalue weighted by Gasteiger charge is 2.22. The van der Waals surface area contributed by atoms with Gasteiger partial charge in [0, 0.05) is 39.0 Å². The first kappa shape index (κ1) is 31.5. The molecule has 0 aliphatic carbocycles. The van der Waals surface area contributed by atoms with Crippen molar-refractivity contribution in [3.05, 3.63) is 39.9 Å². The lowest BCUT2D eigenvalue weighted by molar-refractivity contribution is 0.119. The highest BCUT2D eigenvalue weighted by molar-refractivity contribution is 5.21. The molecular weight excluding hydrogens is 484 g/mol. The van der Waals surface area contributed by atoms with Gasteiger partial charge in [-0.3, -0.25) is 18.3 Å². The zero-order chi connectivity index (χ0) is 28.3. The normalized spacial score (nSPS) is 12.3. The number of rotatable bonds is 19. The number of unbranched alkanes of at least 4 members (excludes halogenated alkanes) is 3. The Hall–Kier alpha value is -2.68. The maximum Gasteiger partial charge on any atom is 0.335 e. The van der Waals surface area contributed by atoms with E-state index < -0.39 is 0 Å². The fourth-order valence-corrected chi connectivity index (χ4v) is 4.94. The summed E-state index contributed by atoms with van der Waals surface area (Å²) >= 11 is 0. The van der Waals surface area contributed by atoms with Crippen molar-refractivity contribution in [1.29, 1.82) is 0 Å². The van der Waals surface area contributed by atoms with Crippen LogP contribution in [0.5, 0.6) is 11.8 Å². The SMILES string of the molecule is C=Cn1cc(O)n(CC(C)(C)CCCCOCCCCC(C)(C)CCCCn2c(O)cn(CC)c2=O)c1=O. The molecule has 0 aliphatic heterocycles. The fraction of sp³-hybridized carbons (Fsp3) is 0.724. The Morgan fingerprint density at radius 1 is 0.816 bits per heavy atom. The first-order chi connectivity index (χ1) is 17.9. The molecule has 0 radical (unpaired) electrons. The number of ether oxygens (including phenoxy) is 1. The van der Waals surface area contributed by atoms with Crippen molar-refractivity contribution < 1.29 is 14.9 Å². The fourth-order valence-electron chi connectivity index (χ4n) is 4.94. The summed E-state index contributed by atoms with van der Waals surface area (Å²) in [7, 11) is 0. The lowest BCUT2D eigenvalue weighted by Crippen LogP contribution is -2.28. The molecule has 0 bridgehead atoms. The van der Waals surface area contributed by atoms with Gasteiger partial charge in [-0.25, -0.2) is 9.59 Å². The minimum atomic E-state index is -0.267. The monoisotopic (exact) mass is 534 g/mol. The first-order valence-electron chi connectivity index (χ1n) is 14.1. The second-order valence-electron chi connectivity index (χ2n) is 12.0. The topological polar surface area (TPSA) is 104 Å². The number of aromatic hydroxyl groups is 2. The molecule has 0 fully saturated rings. The second-order valence-corrected chi connectivity index (χ2v) is 12.0. The second kappa shape index (κ2) is 14.5. The van der Waals surface area contributed by atoms with Gasteiger partial charge in [0.1, 0.15) is 0 Å². The third-order valence-electron chi connectivity index (χ3n) is 7.40. The van der Waals surface area contributed by atoms with E-state index in [2.05, 4.69) is 34.3 Å². The lowest BCUT2D eigenvalue weighted by atomic mass is 9.82. The molecule has 2 N–H and O–H groups in total. The van der Waals surface area contributed by atoms with Gasteiger partial charge in [0.2, 0.25) is 11.8 Å². The van der Waals surface area contributed by atoms with Crippen LogP contribution in [0.4, 0.5) is 0 Å². The summed E-state index contributed by atoms with van der Waals surface area (Å²) in [5, 5.41) is 20.0. The van der Waals surface area contributed by atoms with Gasteiger partial charge in [0.15, 0.2) is 0 Å². The average Bonchev–Trinajstić information content (AvgIpc) is 3.28. The molecule has 2 rings (SSSR count). The summed E-state index contributed by atoms with van der Waals surface area (Å²) < 4.78 is 11.5. The van der Waals surface area contributed by atoms with Gasteiger partial charge < -0.3 is 14.9 Å². The summed E-state index contributed by atoms with van der Waals surface area (Å²) in [5.41, 5.74) is -0.268. The minimum absolute atomic E-state index is 0.0331. The molecule has 0 spiro atoms. The molecule has 2 heterocycles. The van der Waals surface area contributed by atoms with Gasteiger partial charge in [0.05, 0.1) is 12.4 Å². The van der Waals surface area contributed by atoms with Crippen LogP contribution in [0.2, 0.25) is 0 Å². The van der Waals surface area contributed by atoms with Crippen LogP contribution in [0.15, 0.2) is 28.6 Å². The number of aryl methyl sites for hydroxylation is 1. The van der Waals surface area contributed by atoms with Crippen LogP contribution in [0.25, 0.3) is 6.20 Å². The van der Waals surface area contributed by atoms with Crippen LogP contribution in [0, 0.1) is 10.8 Å². The Morgan fingerprint density at radius 3 is 1.89 bits per heavy atom. The maximum atomic E-state index is 12.3. The van der Waals surface area contributed by atoms with E-state index in [-0.39, 0.29) is 34.0 Å². The van der Waals surface area contributed by atoms with Crippen molar-refractivity contribution in [3.63, 3.8) is 0 Å². The van der Waals surface area contributed by atoms with Gasteiger partial charge in [-0.1, -0.05) is 53.5 Å². The molecule has 0 atom stereocenters. The number of nitrogens with zero attached hydrogens (tertiary/aromatic N) is 4. The Morgan fingerprint density at radius 2 is 1.37 bits per heavy atom. The molecular formula is C29H50N4O5. The lowest BCUT2D eigenvalue weighted by Gasteiger charge is -2.25. The van der Waals surface area contributed by atoms with Gasteiger partial charge in [0.25, 0.3) is 0 Å². The van der Waals surface area contributed by atoms with Crippen LogP contribution in [0.1, 0.15) is 92.4 Å². The zero-order valence-corrected chi connectivity index (χ0v) is 24.2. The molecule has 9 nitrogen and oxygen atoms in total. The molecule has 0 aliphatic rings. The summed E-state index contributed by atoms with van der Waals surface area (Å²) in [6, 6.07) is 0.